The minimum Gasteiger partial charge on any atom is -0.489 e. The highest BCUT2D eigenvalue weighted by Gasteiger charge is 2.56. The molecule has 2 aliphatic carbocycles. The van der Waals surface area contributed by atoms with E-state index in [9.17, 15) is 0 Å². The number of hydrogen-bond acceptors (Lipinski definition) is 2. The summed E-state index contributed by atoms with van der Waals surface area (Å²) in [5.41, 5.74) is 0.341. The van der Waals surface area contributed by atoms with Crippen LogP contribution in [0.25, 0.3) is 0 Å². The van der Waals surface area contributed by atoms with Crippen LogP contribution in [0.2, 0.25) is 5.02 Å². The summed E-state index contributed by atoms with van der Waals surface area (Å²) in [6.45, 7) is 3.24. The van der Waals surface area contributed by atoms with Crippen molar-refractivity contribution in [3.05, 3.63) is 27.7 Å². The van der Waals surface area contributed by atoms with Crippen molar-refractivity contribution in [3.63, 3.8) is 0 Å². The number of ether oxygens (including phenoxy) is 1. The number of benzene rings is 1. The molecular weight excluding hydrogens is 350 g/mol. The summed E-state index contributed by atoms with van der Waals surface area (Å²) in [6, 6.07) is 6.41. The highest BCUT2D eigenvalue weighted by molar-refractivity contribution is 9.10. The van der Waals surface area contributed by atoms with Gasteiger partial charge in [0, 0.05) is 22.9 Å². The average Bonchev–Trinajstić information content (AvgIpc) is 2.49. The fraction of sp³-hybridized carbons (Fsp3) is 0.647. The lowest BCUT2D eigenvalue weighted by molar-refractivity contribution is -0.102. The first-order valence-corrected chi connectivity index (χ1v) is 9.18. The third-order valence-electron chi connectivity index (χ3n) is 5.18. The Kier molecular flexibility index (Phi) is 4.82. The van der Waals surface area contributed by atoms with Gasteiger partial charge in [0.25, 0.3) is 0 Å². The maximum Gasteiger partial charge on any atom is 0.134 e. The molecule has 0 aliphatic heterocycles. The Bertz CT molecular complexity index is 502. The normalized spacial score (nSPS) is 27.4. The van der Waals surface area contributed by atoms with Crippen LogP contribution in [0.4, 0.5) is 0 Å². The van der Waals surface area contributed by atoms with E-state index < -0.39 is 0 Å². The lowest BCUT2D eigenvalue weighted by Crippen LogP contribution is -2.65. The molecule has 2 atom stereocenters. The second-order valence-corrected chi connectivity index (χ2v) is 7.61. The summed E-state index contributed by atoms with van der Waals surface area (Å²) in [5, 5.41) is 4.41. The fourth-order valence-corrected chi connectivity index (χ4v) is 4.83. The highest BCUT2D eigenvalue weighted by atomic mass is 79.9. The molecular formula is C17H23BrClNO. The van der Waals surface area contributed by atoms with Crippen LogP contribution < -0.4 is 10.1 Å². The molecule has 1 N–H and O–H groups in total. The largest absolute Gasteiger partial charge is 0.489 e. The predicted octanol–water partition coefficient (Wildman–Crippen LogP) is 5.18. The van der Waals surface area contributed by atoms with Gasteiger partial charge >= 0.3 is 0 Å². The summed E-state index contributed by atoms with van der Waals surface area (Å²) in [4.78, 5) is 0. The topological polar surface area (TPSA) is 21.3 Å². The Morgan fingerprint density at radius 2 is 2.10 bits per heavy atom. The molecule has 2 nitrogen and oxygen atoms in total. The standard InChI is InChI=1S/C17H23BrClNO/c1-2-20-15-11-16(17(15)8-4-3-5-9-17)21-14-7-6-12(19)10-13(14)18/h6-7,10,15-16,20H,2-5,8-9,11H2,1H3. The van der Waals surface area contributed by atoms with E-state index in [1.54, 1.807) is 0 Å². The van der Waals surface area contributed by atoms with E-state index >= 15 is 0 Å². The summed E-state index contributed by atoms with van der Waals surface area (Å²) >= 11 is 9.57. The van der Waals surface area contributed by atoms with Crippen LogP contribution in [0, 0.1) is 5.41 Å². The lowest BCUT2D eigenvalue weighted by Gasteiger charge is -2.57. The third kappa shape index (κ3) is 2.97. The van der Waals surface area contributed by atoms with Gasteiger partial charge in [-0.25, -0.2) is 0 Å². The van der Waals surface area contributed by atoms with Crippen LogP contribution in [0.15, 0.2) is 22.7 Å². The zero-order valence-corrected chi connectivity index (χ0v) is 14.8. The number of rotatable bonds is 4. The summed E-state index contributed by atoms with van der Waals surface area (Å²) in [6.07, 6.45) is 8.08. The monoisotopic (exact) mass is 371 g/mol. The van der Waals surface area contributed by atoms with E-state index in [1.165, 1.54) is 32.1 Å². The van der Waals surface area contributed by atoms with Crippen molar-refractivity contribution in [1.29, 1.82) is 0 Å². The van der Waals surface area contributed by atoms with Crippen LogP contribution in [0.1, 0.15) is 45.4 Å². The second kappa shape index (κ2) is 6.47. The van der Waals surface area contributed by atoms with Gasteiger partial charge in [0.2, 0.25) is 0 Å². The first-order chi connectivity index (χ1) is 10.2. The molecule has 0 bridgehead atoms. The minimum atomic E-state index is 0.333. The van der Waals surface area contributed by atoms with Crippen molar-refractivity contribution >= 4 is 27.5 Å². The molecule has 0 amide bonds. The first kappa shape index (κ1) is 15.6. The molecule has 3 rings (SSSR count). The van der Waals surface area contributed by atoms with E-state index in [0.29, 0.717) is 17.6 Å². The molecule has 2 aliphatic rings. The molecule has 2 fully saturated rings. The molecule has 1 aromatic rings. The van der Waals surface area contributed by atoms with Crippen LogP contribution >= 0.6 is 27.5 Å². The van der Waals surface area contributed by atoms with Crippen LogP contribution in [0.3, 0.4) is 0 Å². The highest BCUT2D eigenvalue weighted by Crippen LogP contribution is 2.53. The van der Waals surface area contributed by atoms with Crippen LogP contribution in [-0.4, -0.2) is 18.7 Å². The fourth-order valence-electron chi connectivity index (χ4n) is 4.05. The smallest absolute Gasteiger partial charge is 0.134 e. The number of hydrogen-bond donors (Lipinski definition) is 1. The van der Waals surface area contributed by atoms with Crippen molar-refractivity contribution in [2.45, 2.75) is 57.6 Å². The maximum atomic E-state index is 6.36. The Morgan fingerprint density at radius 1 is 1.33 bits per heavy atom. The minimum absolute atomic E-state index is 0.333. The molecule has 0 radical (unpaired) electrons. The average molecular weight is 373 g/mol. The molecule has 4 heteroatoms. The zero-order valence-electron chi connectivity index (χ0n) is 12.5. The van der Waals surface area contributed by atoms with Gasteiger partial charge in [0.15, 0.2) is 0 Å². The maximum absolute atomic E-state index is 6.36. The van der Waals surface area contributed by atoms with Gasteiger partial charge in [-0.3, -0.25) is 0 Å². The molecule has 0 aromatic heterocycles. The Morgan fingerprint density at radius 3 is 2.76 bits per heavy atom. The van der Waals surface area contributed by atoms with Crippen molar-refractivity contribution in [1.82, 2.24) is 5.32 Å². The van der Waals surface area contributed by atoms with Gasteiger partial charge in [-0.2, -0.15) is 0 Å². The van der Waals surface area contributed by atoms with Gasteiger partial charge in [-0.15, -0.1) is 0 Å². The van der Waals surface area contributed by atoms with Crippen molar-refractivity contribution < 1.29 is 4.74 Å². The van der Waals surface area contributed by atoms with Gasteiger partial charge in [0.05, 0.1) is 4.47 Å². The SMILES string of the molecule is CCNC1CC(Oc2ccc(Cl)cc2Br)C12CCCCC2. The van der Waals surface area contributed by atoms with Gasteiger partial charge in [-0.1, -0.05) is 37.8 Å². The summed E-state index contributed by atoms with van der Waals surface area (Å²) in [5.74, 6) is 0.921. The molecule has 0 saturated heterocycles. The molecule has 116 valence electrons. The summed E-state index contributed by atoms with van der Waals surface area (Å²) < 4.78 is 7.31. The lowest BCUT2D eigenvalue weighted by atomic mass is 9.55. The zero-order chi connectivity index (χ0) is 14.9. The molecule has 21 heavy (non-hydrogen) atoms. The quantitative estimate of drug-likeness (QED) is 0.786. The predicted molar refractivity (Wildman–Crippen MR) is 91.2 cm³/mol. The van der Waals surface area contributed by atoms with E-state index in [1.807, 2.05) is 18.2 Å². The Hall–Kier alpha value is -0.250. The van der Waals surface area contributed by atoms with E-state index in [-0.39, 0.29) is 0 Å². The Balaban J connectivity index is 1.75. The number of nitrogens with one attached hydrogen (secondary N) is 1. The van der Waals surface area contributed by atoms with E-state index in [2.05, 4.69) is 28.2 Å². The molecule has 0 heterocycles. The second-order valence-electron chi connectivity index (χ2n) is 6.32. The molecule has 2 saturated carbocycles. The first-order valence-electron chi connectivity index (χ1n) is 8.01. The number of halogens is 2. The van der Waals surface area contributed by atoms with Gasteiger partial charge < -0.3 is 10.1 Å². The van der Waals surface area contributed by atoms with Gasteiger partial charge in [-0.05, 0) is 53.5 Å². The van der Waals surface area contributed by atoms with Crippen LogP contribution in [-0.2, 0) is 0 Å². The van der Waals surface area contributed by atoms with Crippen molar-refractivity contribution in [3.8, 4) is 5.75 Å². The third-order valence-corrected chi connectivity index (χ3v) is 6.04. The van der Waals surface area contributed by atoms with Crippen LogP contribution in [0.5, 0.6) is 5.75 Å². The molecule has 1 spiro atoms. The van der Waals surface area contributed by atoms with Gasteiger partial charge in [0.1, 0.15) is 11.9 Å². The van der Waals surface area contributed by atoms with E-state index in [4.69, 9.17) is 16.3 Å². The molecule has 2 unspecified atom stereocenters. The van der Waals surface area contributed by atoms with E-state index in [0.717, 1.165) is 28.2 Å². The summed E-state index contributed by atoms with van der Waals surface area (Å²) in [7, 11) is 0. The molecule has 1 aromatic carbocycles. The van der Waals surface area contributed by atoms with Crippen molar-refractivity contribution in [2.24, 2.45) is 5.41 Å². The Labute approximate surface area is 140 Å². The van der Waals surface area contributed by atoms with Crippen molar-refractivity contribution in [2.75, 3.05) is 6.54 Å².